The minimum Gasteiger partial charge on any atom is -0.481 e. The molecule has 0 amide bonds. The highest BCUT2D eigenvalue weighted by molar-refractivity contribution is 5.87. The van der Waals surface area contributed by atoms with Gasteiger partial charge in [-0.25, -0.2) is 0 Å². The number of aliphatic hydroxyl groups excluding tert-OH is 2. The molecule has 0 unspecified atom stereocenters. The summed E-state index contributed by atoms with van der Waals surface area (Å²) in [4.78, 5) is 24.3. The fourth-order valence-corrected chi connectivity index (χ4v) is 8.52. The standard InChI is InChI=1S/C24H38O5/c1-13(4-7-19(26)27)15-5-6-16-20-17(9-11-23(15,16)2)24(3)10-8-14(25)12-18(24)21(28)22(20)29/h13-18,20,22,25,29H,4-12H2,1-3H3,(H,26,27)/t13-,14-,15-,16+,17+,18-,20+,22-,23-,24-/m1/s1. The maximum atomic E-state index is 13.2. The predicted octanol–water partition coefficient (Wildman–Crippen LogP) is 3.66. The Labute approximate surface area is 174 Å². The number of fused-ring (bicyclic) bond motifs is 5. The Morgan fingerprint density at radius 1 is 1.07 bits per heavy atom. The predicted molar refractivity (Wildman–Crippen MR) is 109 cm³/mol. The van der Waals surface area contributed by atoms with Gasteiger partial charge in [0.2, 0.25) is 0 Å². The number of ketones is 1. The number of carbonyl (C=O) groups is 2. The van der Waals surface area contributed by atoms with Gasteiger partial charge in [-0.15, -0.1) is 0 Å². The molecule has 0 bridgehead atoms. The first-order valence-electron chi connectivity index (χ1n) is 11.7. The fraction of sp³-hybridized carbons (Fsp3) is 0.917. The van der Waals surface area contributed by atoms with E-state index in [1.165, 1.54) is 0 Å². The molecule has 4 rings (SSSR count). The second-order valence-electron chi connectivity index (χ2n) is 11.3. The van der Waals surface area contributed by atoms with Crippen LogP contribution in [0.3, 0.4) is 0 Å². The van der Waals surface area contributed by atoms with Crippen molar-refractivity contribution in [3.63, 3.8) is 0 Å². The van der Waals surface area contributed by atoms with E-state index in [1.54, 1.807) is 0 Å². The van der Waals surface area contributed by atoms with E-state index in [0.29, 0.717) is 36.5 Å². The zero-order valence-electron chi connectivity index (χ0n) is 18.1. The van der Waals surface area contributed by atoms with Gasteiger partial charge in [-0.3, -0.25) is 9.59 Å². The summed E-state index contributed by atoms with van der Waals surface area (Å²) in [5.41, 5.74) is -0.0216. The molecule has 0 aliphatic heterocycles. The number of aliphatic carboxylic acids is 1. The summed E-state index contributed by atoms with van der Waals surface area (Å²) in [5.74, 6) is 0.552. The molecule has 0 radical (unpaired) electrons. The Hall–Kier alpha value is -0.940. The number of rotatable bonds is 4. The molecule has 4 saturated carbocycles. The molecule has 4 aliphatic carbocycles. The first-order chi connectivity index (χ1) is 13.6. The van der Waals surface area contributed by atoms with Gasteiger partial charge >= 0.3 is 5.97 Å². The van der Waals surface area contributed by atoms with Crippen LogP contribution >= 0.6 is 0 Å². The van der Waals surface area contributed by atoms with E-state index < -0.39 is 18.2 Å². The summed E-state index contributed by atoms with van der Waals surface area (Å²) in [5, 5.41) is 30.4. The van der Waals surface area contributed by atoms with Crippen molar-refractivity contribution in [2.45, 2.75) is 90.8 Å². The van der Waals surface area contributed by atoms with E-state index >= 15 is 0 Å². The van der Waals surface area contributed by atoms with Crippen molar-refractivity contribution in [2.75, 3.05) is 0 Å². The van der Waals surface area contributed by atoms with Crippen LogP contribution in [0.5, 0.6) is 0 Å². The number of carboxylic acid groups (broad SMARTS) is 1. The van der Waals surface area contributed by atoms with E-state index in [9.17, 15) is 19.8 Å². The lowest BCUT2D eigenvalue weighted by molar-refractivity contribution is -0.184. The minimum atomic E-state index is -0.902. The van der Waals surface area contributed by atoms with Crippen LogP contribution in [0.1, 0.15) is 78.6 Å². The number of aliphatic hydroxyl groups is 2. The molecule has 3 N–H and O–H groups in total. The Bertz CT molecular complexity index is 676. The Morgan fingerprint density at radius 3 is 2.41 bits per heavy atom. The zero-order chi connectivity index (χ0) is 21.1. The third kappa shape index (κ3) is 3.18. The third-order valence-corrected chi connectivity index (χ3v) is 10.1. The first kappa shape index (κ1) is 21.3. The quantitative estimate of drug-likeness (QED) is 0.662. The van der Waals surface area contributed by atoms with Gasteiger partial charge in [-0.1, -0.05) is 20.8 Å². The third-order valence-electron chi connectivity index (χ3n) is 10.1. The molecule has 29 heavy (non-hydrogen) atoms. The van der Waals surface area contributed by atoms with Crippen LogP contribution < -0.4 is 0 Å². The van der Waals surface area contributed by atoms with Crippen molar-refractivity contribution >= 4 is 11.8 Å². The van der Waals surface area contributed by atoms with Gasteiger partial charge in [0.05, 0.1) is 6.10 Å². The average molecular weight is 407 g/mol. The topological polar surface area (TPSA) is 94.8 Å². The molecule has 0 spiro atoms. The summed E-state index contributed by atoms with van der Waals surface area (Å²) in [6.45, 7) is 6.78. The van der Waals surface area contributed by atoms with Crippen molar-refractivity contribution in [3.8, 4) is 0 Å². The van der Waals surface area contributed by atoms with Crippen molar-refractivity contribution in [1.29, 1.82) is 0 Å². The van der Waals surface area contributed by atoms with E-state index in [1.807, 2.05) is 0 Å². The lowest BCUT2D eigenvalue weighted by atomic mass is 9.43. The lowest BCUT2D eigenvalue weighted by Gasteiger charge is -2.61. The lowest BCUT2D eigenvalue weighted by Crippen LogP contribution is -2.62. The summed E-state index contributed by atoms with van der Waals surface area (Å²) >= 11 is 0. The Balaban J connectivity index is 1.60. The van der Waals surface area contributed by atoms with Crippen LogP contribution in [0, 0.1) is 46.3 Å². The zero-order valence-corrected chi connectivity index (χ0v) is 18.1. The number of hydrogen-bond donors (Lipinski definition) is 3. The van der Waals surface area contributed by atoms with Crippen LogP contribution in [-0.4, -0.2) is 39.3 Å². The minimum absolute atomic E-state index is 0.0226. The monoisotopic (exact) mass is 406 g/mol. The molecule has 0 aromatic carbocycles. The first-order valence-corrected chi connectivity index (χ1v) is 11.7. The fourth-order valence-electron chi connectivity index (χ4n) is 8.52. The molecule has 164 valence electrons. The molecule has 4 fully saturated rings. The second kappa shape index (κ2) is 7.33. The molecule has 0 heterocycles. The van der Waals surface area contributed by atoms with E-state index in [2.05, 4.69) is 20.8 Å². The molecular formula is C24H38O5. The maximum absolute atomic E-state index is 13.2. The van der Waals surface area contributed by atoms with E-state index in [0.717, 1.165) is 38.5 Å². The molecule has 4 aliphatic rings. The summed E-state index contributed by atoms with van der Waals surface area (Å²) < 4.78 is 0. The second-order valence-corrected chi connectivity index (χ2v) is 11.3. The van der Waals surface area contributed by atoms with Crippen LogP contribution in [0.4, 0.5) is 0 Å². The van der Waals surface area contributed by atoms with Gasteiger partial charge in [0.1, 0.15) is 6.10 Å². The van der Waals surface area contributed by atoms with Crippen molar-refractivity contribution in [1.82, 2.24) is 0 Å². The molecule has 5 heteroatoms. The van der Waals surface area contributed by atoms with Crippen molar-refractivity contribution < 1.29 is 24.9 Å². The molecule has 10 atom stereocenters. The highest BCUT2D eigenvalue weighted by Gasteiger charge is 2.65. The smallest absolute Gasteiger partial charge is 0.303 e. The van der Waals surface area contributed by atoms with E-state index in [4.69, 9.17) is 5.11 Å². The van der Waals surface area contributed by atoms with Crippen LogP contribution in [0.15, 0.2) is 0 Å². The molecule has 0 aromatic heterocycles. The van der Waals surface area contributed by atoms with Crippen LogP contribution in [0.2, 0.25) is 0 Å². The number of carboxylic acids is 1. The maximum Gasteiger partial charge on any atom is 0.303 e. The van der Waals surface area contributed by atoms with Gasteiger partial charge in [-0.2, -0.15) is 0 Å². The number of carbonyl (C=O) groups excluding carboxylic acids is 1. The molecule has 0 saturated heterocycles. The highest BCUT2D eigenvalue weighted by Crippen LogP contribution is 2.67. The van der Waals surface area contributed by atoms with Gasteiger partial charge in [-0.05, 0) is 91.8 Å². The SMILES string of the molecule is C[C@H](CCC(=O)O)[C@H]1CC[C@H]2[C@@H]3[C@@H](O)C(=O)[C@H]4C[C@H](O)CC[C@]4(C)[C@H]3CC[C@]12C. The Kier molecular flexibility index (Phi) is 5.39. The summed E-state index contributed by atoms with van der Waals surface area (Å²) in [7, 11) is 0. The highest BCUT2D eigenvalue weighted by atomic mass is 16.4. The largest absolute Gasteiger partial charge is 0.481 e. The summed E-state index contributed by atoms with van der Waals surface area (Å²) in [6.07, 6.45) is 5.99. The molecule has 0 aromatic rings. The Morgan fingerprint density at radius 2 is 1.72 bits per heavy atom. The van der Waals surface area contributed by atoms with Crippen molar-refractivity contribution in [2.24, 2.45) is 46.3 Å². The van der Waals surface area contributed by atoms with Crippen molar-refractivity contribution in [3.05, 3.63) is 0 Å². The van der Waals surface area contributed by atoms with Gasteiger partial charge in [0, 0.05) is 12.3 Å². The number of Topliss-reactive ketones (excluding diaryl/α,β-unsaturated/α-hetero) is 1. The summed E-state index contributed by atoms with van der Waals surface area (Å²) in [6, 6.07) is 0. The van der Waals surface area contributed by atoms with Crippen LogP contribution in [-0.2, 0) is 9.59 Å². The van der Waals surface area contributed by atoms with Gasteiger partial charge < -0.3 is 15.3 Å². The van der Waals surface area contributed by atoms with Gasteiger partial charge in [0.15, 0.2) is 5.78 Å². The average Bonchev–Trinajstić information content (AvgIpc) is 3.02. The molecular weight excluding hydrogens is 368 g/mol. The normalized spacial score (nSPS) is 50.4. The molecule has 5 nitrogen and oxygen atoms in total. The van der Waals surface area contributed by atoms with E-state index in [-0.39, 0.29) is 34.9 Å². The van der Waals surface area contributed by atoms with Crippen LogP contribution in [0.25, 0.3) is 0 Å². The number of hydrogen-bond acceptors (Lipinski definition) is 4. The van der Waals surface area contributed by atoms with Gasteiger partial charge in [0.25, 0.3) is 0 Å².